The molecular formula is C30H36N2O6. The fraction of sp³-hybridized carbons (Fsp3) is 0.433. The van der Waals surface area contributed by atoms with Crippen LogP contribution in [0, 0.1) is 6.92 Å². The van der Waals surface area contributed by atoms with E-state index in [1.807, 2.05) is 50.2 Å². The van der Waals surface area contributed by atoms with E-state index in [-0.39, 0.29) is 11.5 Å². The van der Waals surface area contributed by atoms with Gasteiger partial charge in [-0.05, 0) is 74.9 Å². The molecule has 0 radical (unpaired) electrons. The molecule has 8 nitrogen and oxygen atoms in total. The predicted molar refractivity (Wildman–Crippen MR) is 146 cm³/mol. The summed E-state index contributed by atoms with van der Waals surface area (Å²) in [6, 6.07) is 12.2. The highest BCUT2D eigenvalue weighted by Gasteiger charge is 2.48. The second-order valence-corrected chi connectivity index (χ2v) is 9.86. The normalized spacial score (nSPS) is 17.2. The molecule has 1 aliphatic rings. The molecule has 202 valence electrons. The number of carbonyl (C=O) groups is 2. The van der Waals surface area contributed by atoms with Gasteiger partial charge in [-0.15, -0.1) is 0 Å². The van der Waals surface area contributed by atoms with E-state index in [1.165, 1.54) is 11.0 Å². The van der Waals surface area contributed by atoms with Gasteiger partial charge in [0, 0.05) is 23.6 Å². The summed E-state index contributed by atoms with van der Waals surface area (Å²) >= 11 is 0. The van der Waals surface area contributed by atoms with Gasteiger partial charge in [-0.3, -0.25) is 9.69 Å². The molecule has 8 heteroatoms. The molecule has 0 spiro atoms. The van der Waals surface area contributed by atoms with Crippen molar-refractivity contribution in [3.8, 4) is 11.5 Å². The van der Waals surface area contributed by atoms with Gasteiger partial charge < -0.3 is 19.2 Å². The lowest BCUT2D eigenvalue weighted by molar-refractivity contribution is -0.131. The molecule has 1 fully saturated rings. The number of fused-ring (bicyclic) bond motifs is 1. The number of ether oxygens (including phenoxy) is 2. The molecule has 1 atom stereocenters. The van der Waals surface area contributed by atoms with Crippen molar-refractivity contribution in [1.82, 2.24) is 10.2 Å². The number of imide groups is 1. The Kier molecular flexibility index (Phi) is 8.39. The molecule has 0 bridgehead atoms. The molecule has 0 saturated carbocycles. The van der Waals surface area contributed by atoms with Gasteiger partial charge in [-0.25, -0.2) is 9.59 Å². The maximum atomic E-state index is 13.2. The Labute approximate surface area is 222 Å². The van der Waals surface area contributed by atoms with Gasteiger partial charge in [-0.2, -0.15) is 0 Å². The maximum absolute atomic E-state index is 13.2. The van der Waals surface area contributed by atoms with Crippen molar-refractivity contribution in [2.75, 3.05) is 19.8 Å². The van der Waals surface area contributed by atoms with E-state index in [0.29, 0.717) is 49.5 Å². The van der Waals surface area contributed by atoms with Gasteiger partial charge in [0.2, 0.25) is 0 Å². The van der Waals surface area contributed by atoms with E-state index in [2.05, 4.69) is 12.2 Å². The van der Waals surface area contributed by atoms with Gasteiger partial charge in [0.25, 0.3) is 5.91 Å². The fourth-order valence-electron chi connectivity index (χ4n) is 4.80. The third-order valence-corrected chi connectivity index (χ3v) is 6.89. The van der Waals surface area contributed by atoms with E-state index in [0.717, 1.165) is 41.5 Å². The van der Waals surface area contributed by atoms with Crippen LogP contribution in [0.5, 0.6) is 11.5 Å². The standard InChI is InChI=1S/C30H36N2O6/c1-5-9-24-25(15-14-23-20(3)19-26(33)38-27(23)24)37-18-8-7-16-32-28(34)30(4,31-29(32)35)21-10-12-22(13-11-21)36-17-6-2/h10-15,19H,5-9,16-18H2,1-4H3,(H,31,35). The summed E-state index contributed by atoms with van der Waals surface area (Å²) in [5.41, 5.74) is 1.58. The molecule has 1 saturated heterocycles. The molecule has 1 aliphatic heterocycles. The zero-order valence-corrected chi connectivity index (χ0v) is 22.6. The zero-order valence-electron chi connectivity index (χ0n) is 22.6. The Morgan fingerprint density at radius 3 is 2.42 bits per heavy atom. The summed E-state index contributed by atoms with van der Waals surface area (Å²) in [6.07, 6.45) is 3.77. The molecule has 1 aromatic heterocycles. The summed E-state index contributed by atoms with van der Waals surface area (Å²) in [5.74, 6) is 1.16. The van der Waals surface area contributed by atoms with Crippen LogP contribution in [0.1, 0.15) is 63.1 Å². The minimum Gasteiger partial charge on any atom is -0.494 e. The maximum Gasteiger partial charge on any atom is 0.336 e. The van der Waals surface area contributed by atoms with Crippen molar-refractivity contribution in [2.24, 2.45) is 0 Å². The molecule has 4 rings (SSSR count). The first kappa shape index (κ1) is 27.2. The SMILES string of the molecule is CCCOc1ccc(C2(C)NC(=O)N(CCCCOc3ccc4c(C)cc(=O)oc4c3CCC)C2=O)cc1. The second kappa shape index (κ2) is 11.7. The quantitative estimate of drug-likeness (QED) is 0.193. The first-order valence-corrected chi connectivity index (χ1v) is 13.3. The molecule has 1 N–H and O–H groups in total. The minimum absolute atomic E-state index is 0.268. The lowest BCUT2D eigenvalue weighted by Gasteiger charge is -2.22. The summed E-state index contributed by atoms with van der Waals surface area (Å²) in [7, 11) is 0. The van der Waals surface area contributed by atoms with E-state index in [9.17, 15) is 14.4 Å². The number of hydrogen-bond acceptors (Lipinski definition) is 6. The average Bonchev–Trinajstić information content (AvgIpc) is 3.12. The summed E-state index contributed by atoms with van der Waals surface area (Å²) in [5, 5.41) is 3.76. The summed E-state index contributed by atoms with van der Waals surface area (Å²) < 4.78 is 17.2. The van der Waals surface area contributed by atoms with Crippen molar-refractivity contribution < 1.29 is 23.5 Å². The Morgan fingerprint density at radius 1 is 0.947 bits per heavy atom. The topological polar surface area (TPSA) is 98.1 Å². The van der Waals surface area contributed by atoms with Crippen molar-refractivity contribution in [2.45, 2.75) is 65.3 Å². The molecule has 3 aromatic rings. The third-order valence-electron chi connectivity index (χ3n) is 6.89. The smallest absolute Gasteiger partial charge is 0.336 e. The van der Waals surface area contributed by atoms with Crippen LogP contribution in [-0.4, -0.2) is 36.6 Å². The molecule has 3 amide bonds. The molecule has 1 unspecified atom stereocenters. The molecule has 2 heterocycles. The van der Waals surface area contributed by atoms with E-state index in [1.54, 1.807) is 6.92 Å². The van der Waals surface area contributed by atoms with Crippen LogP contribution in [0.3, 0.4) is 0 Å². The third kappa shape index (κ3) is 5.54. The van der Waals surface area contributed by atoms with Gasteiger partial charge in [0.15, 0.2) is 0 Å². The highest BCUT2D eigenvalue weighted by molar-refractivity contribution is 6.07. The van der Waals surface area contributed by atoms with E-state index in [4.69, 9.17) is 13.9 Å². The van der Waals surface area contributed by atoms with Crippen molar-refractivity contribution in [1.29, 1.82) is 0 Å². The second-order valence-electron chi connectivity index (χ2n) is 9.86. The summed E-state index contributed by atoms with van der Waals surface area (Å²) in [6.45, 7) is 9.07. The molecule has 38 heavy (non-hydrogen) atoms. The van der Waals surface area contributed by atoms with Crippen LogP contribution in [0.15, 0.2) is 51.7 Å². The van der Waals surface area contributed by atoms with Gasteiger partial charge >= 0.3 is 11.7 Å². The number of urea groups is 1. The number of rotatable bonds is 12. The first-order chi connectivity index (χ1) is 18.3. The number of hydrogen-bond donors (Lipinski definition) is 1. The molecule has 0 aliphatic carbocycles. The van der Waals surface area contributed by atoms with Crippen LogP contribution in [0.2, 0.25) is 0 Å². The Morgan fingerprint density at radius 2 is 1.71 bits per heavy atom. The predicted octanol–water partition coefficient (Wildman–Crippen LogP) is 5.47. The van der Waals surface area contributed by atoms with Crippen LogP contribution < -0.4 is 20.4 Å². The fourth-order valence-corrected chi connectivity index (χ4v) is 4.80. The highest BCUT2D eigenvalue weighted by Crippen LogP contribution is 2.32. The van der Waals surface area contributed by atoms with Gasteiger partial charge in [-0.1, -0.05) is 32.4 Å². The van der Waals surface area contributed by atoms with E-state index < -0.39 is 11.6 Å². The number of nitrogens with one attached hydrogen (secondary N) is 1. The number of unbranched alkanes of at least 4 members (excludes halogenated alkanes) is 1. The molecule has 2 aromatic carbocycles. The molecular weight excluding hydrogens is 484 g/mol. The number of carbonyl (C=O) groups excluding carboxylic acids is 2. The largest absolute Gasteiger partial charge is 0.494 e. The minimum atomic E-state index is -1.11. The lowest BCUT2D eigenvalue weighted by Crippen LogP contribution is -2.41. The highest BCUT2D eigenvalue weighted by atomic mass is 16.5. The van der Waals surface area contributed by atoms with Gasteiger partial charge in [0.05, 0.1) is 13.2 Å². The monoisotopic (exact) mass is 520 g/mol. The van der Waals surface area contributed by atoms with Crippen LogP contribution in [0.4, 0.5) is 4.79 Å². The van der Waals surface area contributed by atoms with Crippen LogP contribution in [-0.2, 0) is 16.8 Å². The number of amides is 3. The van der Waals surface area contributed by atoms with Crippen molar-refractivity contribution >= 4 is 22.9 Å². The van der Waals surface area contributed by atoms with Crippen molar-refractivity contribution in [3.05, 3.63) is 69.6 Å². The first-order valence-electron chi connectivity index (χ1n) is 13.3. The number of benzene rings is 2. The Bertz CT molecular complexity index is 1360. The van der Waals surface area contributed by atoms with Crippen LogP contribution in [0.25, 0.3) is 11.0 Å². The average molecular weight is 521 g/mol. The van der Waals surface area contributed by atoms with E-state index >= 15 is 0 Å². The number of nitrogens with zero attached hydrogens (tertiary/aromatic N) is 1. The van der Waals surface area contributed by atoms with Crippen LogP contribution >= 0.6 is 0 Å². The Balaban J connectivity index is 1.35. The Hall–Kier alpha value is -3.81. The van der Waals surface area contributed by atoms with Crippen molar-refractivity contribution in [3.63, 3.8) is 0 Å². The lowest BCUT2D eigenvalue weighted by atomic mass is 9.92. The number of aryl methyl sites for hydroxylation is 2. The zero-order chi connectivity index (χ0) is 27.3. The summed E-state index contributed by atoms with van der Waals surface area (Å²) in [4.78, 5) is 39.1. The van der Waals surface area contributed by atoms with Gasteiger partial charge in [0.1, 0.15) is 22.6 Å².